The van der Waals surface area contributed by atoms with Gasteiger partial charge in [0.25, 0.3) is 0 Å². The Labute approximate surface area is 114 Å². The molecule has 106 valence electrons. The van der Waals surface area contributed by atoms with Gasteiger partial charge in [0.2, 0.25) is 5.91 Å². The summed E-state index contributed by atoms with van der Waals surface area (Å²) in [6, 6.07) is 5.45. The van der Waals surface area contributed by atoms with E-state index in [2.05, 4.69) is 5.32 Å². The molecule has 0 heterocycles. The van der Waals surface area contributed by atoms with Gasteiger partial charge in [-0.25, -0.2) is 0 Å². The van der Waals surface area contributed by atoms with Crippen LogP contribution >= 0.6 is 0 Å². The summed E-state index contributed by atoms with van der Waals surface area (Å²) in [5.74, 6) is -0.0206. The van der Waals surface area contributed by atoms with Gasteiger partial charge in [0.15, 0.2) is 0 Å². The summed E-state index contributed by atoms with van der Waals surface area (Å²) in [5.41, 5.74) is 8.15. The summed E-state index contributed by atoms with van der Waals surface area (Å²) in [6.45, 7) is 3.84. The molecule has 0 spiro atoms. The van der Waals surface area contributed by atoms with Crippen LogP contribution in [0.2, 0.25) is 0 Å². The zero-order valence-electron chi connectivity index (χ0n) is 11.9. The SMILES string of the molecule is COCCCN(C)CC(=O)Nc1ccc(N)cc1C. The third-order valence-electron chi connectivity index (χ3n) is 2.83. The van der Waals surface area contributed by atoms with E-state index in [-0.39, 0.29) is 5.91 Å². The Morgan fingerprint density at radius 2 is 2.21 bits per heavy atom. The number of hydrogen-bond acceptors (Lipinski definition) is 4. The maximum Gasteiger partial charge on any atom is 0.238 e. The fourth-order valence-corrected chi connectivity index (χ4v) is 1.82. The van der Waals surface area contributed by atoms with Gasteiger partial charge < -0.3 is 15.8 Å². The highest BCUT2D eigenvalue weighted by Crippen LogP contribution is 2.17. The molecule has 1 rings (SSSR count). The lowest BCUT2D eigenvalue weighted by molar-refractivity contribution is -0.117. The molecule has 5 heteroatoms. The largest absolute Gasteiger partial charge is 0.399 e. The molecule has 0 saturated heterocycles. The summed E-state index contributed by atoms with van der Waals surface area (Å²) >= 11 is 0. The number of anilines is 2. The first-order chi connectivity index (χ1) is 9.02. The molecule has 0 aliphatic carbocycles. The second kappa shape index (κ2) is 7.76. The normalized spacial score (nSPS) is 10.7. The number of ether oxygens (including phenoxy) is 1. The van der Waals surface area contributed by atoms with Gasteiger partial charge in [0.05, 0.1) is 6.54 Å². The Bertz CT molecular complexity index is 421. The zero-order valence-corrected chi connectivity index (χ0v) is 11.9. The first-order valence-electron chi connectivity index (χ1n) is 6.36. The summed E-state index contributed by atoms with van der Waals surface area (Å²) in [6.07, 6.45) is 0.918. The Hall–Kier alpha value is -1.59. The molecule has 0 aliphatic rings. The van der Waals surface area contributed by atoms with Gasteiger partial charge in [-0.2, -0.15) is 0 Å². The van der Waals surface area contributed by atoms with Crippen LogP contribution in [0, 0.1) is 6.92 Å². The lowest BCUT2D eigenvalue weighted by Crippen LogP contribution is -2.31. The number of methoxy groups -OCH3 is 1. The van der Waals surface area contributed by atoms with Crippen molar-refractivity contribution in [2.45, 2.75) is 13.3 Å². The van der Waals surface area contributed by atoms with Crippen molar-refractivity contribution in [1.82, 2.24) is 4.90 Å². The van der Waals surface area contributed by atoms with Crippen molar-refractivity contribution in [3.8, 4) is 0 Å². The van der Waals surface area contributed by atoms with Gasteiger partial charge in [0, 0.05) is 31.6 Å². The predicted octanol–water partition coefficient (Wildman–Crippen LogP) is 1.48. The monoisotopic (exact) mass is 265 g/mol. The summed E-state index contributed by atoms with van der Waals surface area (Å²) < 4.78 is 4.98. The molecule has 0 unspecified atom stereocenters. The molecule has 0 saturated carbocycles. The number of aryl methyl sites for hydroxylation is 1. The van der Waals surface area contributed by atoms with Crippen molar-refractivity contribution in [1.29, 1.82) is 0 Å². The first kappa shape index (κ1) is 15.5. The van der Waals surface area contributed by atoms with Crippen LogP contribution in [-0.2, 0) is 9.53 Å². The molecule has 19 heavy (non-hydrogen) atoms. The number of hydrogen-bond donors (Lipinski definition) is 2. The Balaban J connectivity index is 2.42. The number of nitrogens with two attached hydrogens (primary N) is 1. The molecule has 0 atom stereocenters. The molecule has 0 bridgehead atoms. The smallest absolute Gasteiger partial charge is 0.238 e. The topological polar surface area (TPSA) is 67.6 Å². The van der Waals surface area contributed by atoms with Gasteiger partial charge >= 0.3 is 0 Å². The quantitative estimate of drug-likeness (QED) is 0.579. The zero-order chi connectivity index (χ0) is 14.3. The Morgan fingerprint density at radius 1 is 1.47 bits per heavy atom. The number of rotatable bonds is 7. The molecule has 1 aromatic rings. The van der Waals surface area contributed by atoms with Gasteiger partial charge in [-0.1, -0.05) is 0 Å². The number of nitrogen functional groups attached to an aromatic ring is 1. The second-order valence-electron chi connectivity index (χ2n) is 4.71. The molecule has 3 N–H and O–H groups in total. The lowest BCUT2D eigenvalue weighted by atomic mass is 10.2. The number of likely N-dealkylation sites (N-methyl/N-ethyl adjacent to an activating group) is 1. The van der Waals surface area contributed by atoms with Crippen molar-refractivity contribution < 1.29 is 9.53 Å². The minimum atomic E-state index is -0.0206. The van der Waals surface area contributed by atoms with E-state index in [1.54, 1.807) is 13.2 Å². The van der Waals surface area contributed by atoms with E-state index < -0.39 is 0 Å². The van der Waals surface area contributed by atoms with Crippen LogP contribution in [0.4, 0.5) is 11.4 Å². The summed E-state index contributed by atoms with van der Waals surface area (Å²) in [7, 11) is 3.60. The number of benzene rings is 1. The summed E-state index contributed by atoms with van der Waals surface area (Å²) in [4.78, 5) is 13.9. The maximum absolute atomic E-state index is 11.9. The Morgan fingerprint density at radius 3 is 2.84 bits per heavy atom. The van der Waals surface area contributed by atoms with Gasteiger partial charge in [-0.05, 0) is 44.2 Å². The molecule has 5 nitrogen and oxygen atoms in total. The van der Waals surface area contributed by atoms with Crippen molar-refractivity contribution in [3.05, 3.63) is 23.8 Å². The fourth-order valence-electron chi connectivity index (χ4n) is 1.82. The van der Waals surface area contributed by atoms with Crippen LogP contribution in [0.3, 0.4) is 0 Å². The Kier molecular flexibility index (Phi) is 6.32. The summed E-state index contributed by atoms with van der Waals surface area (Å²) in [5, 5.41) is 2.89. The minimum absolute atomic E-state index is 0.0206. The van der Waals surface area contributed by atoms with E-state index >= 15 is 0 Å². The third-order valence-corrected chi connectivity index (χ3v) is 2.83. The first-order valence-corrected chi connectivity index (χ1v) is 6.36. The lowest BCUT2D eigenvalue weighted by Gasteiger charge is -2.16. The van der Waals surface area contributed by atoms with Crippen LogP contribution < -0.4 is 11.1 Å². The van der Waals surface area contributed by atoms with Crippen LogP contribution in [0.1, 0.15) is 12.0 Å². The number of nitrogens with one attached hydrogen (secondary N) is 1. The highest BCUT2D eigenvalue weighted by molar-refractivity contribution is 5.93. The molecule has 1 amide bonds. The van der Waals surface area contributed by atoms with Crippen molar-refractivity contribution in [2.24, 2.45) is 0 Å². The fraction of sp³-hybridized carbons (Fsp3) is 0.500. The number of nitrogens with zero attached hydrogens (tertiary/aromatic N) is 1. The van der Waals surface area contributed by atoms with Crippen molar-refractivity contribution in [2.75, 3.05) is 44.9 Å². The molecule has 1 aromatic carbocycles. The van der Waals surface area contributed by atoms with Crippen LogP contribution in [0.15, 0.2) is 18.2 Å². The van der Waals surface area contributed by atoms with E-state index in [0.29, 0.717) is 18.8 Å². The van der Waals surface area contributed by atoms with Crippen molar-refractivity contribution in [3.63, 3.8) is 0 Å². The molecular weight excluding hydrogens is 242 g/mol. The van der Waals surface area contributed by atoms with E-state index in [9.17, 15) is 4.79 Å². The molecule has 0 radical (unpaired) electrons. The number of amides is 1. The van der Waals surface area contributed by atoms with Gasteiger partial charge in [0.1, 0.15) is 0 Å². The molecule has 0 fully saturated rings. The average Bonchev–Trinajstić information content (AvgIpc) is 2.33. The minimum Gasteiger partial charge on any atom is -0.399 e. The molecule has 0 aromatic heterocycles. The van der Waals surface area contributed by atoms with E-state index in [1.165, 1.54) is 0 Å². The third kappa shape index (κ3) is 5.72. The molecular formula is C14H23N3O2. The van der Waals surface area contributed by atoms with Gasteiger partial charge in [-0.3, -0.25) is 9.69 Å². The number of carbonyl (C=O) groups excluding carboxylic acids is 1. The van der Waals surface area contributed by atoms with E-state index in [0.717, 1.165) is 24.2 Å². The van der Waals surface area contributed by atoms with Crippen LogP contribution in [0.5, 0.6) is 0 Å². The van der Waals surface area contributed by atoms with Crippen molar-refractivity contribution >= 4 is 17.3 Å². The van der Waals surface area contributed by atoms with E-state index in [4.69, 9.17) is 10.5 Å². The van der Waals surface area contributed by atoms with Crippen LogP contribution in [-0.4, -0.2) is 44.7 Å². The predicted molar refractivity (Wildman–Crippen MR) is 78.2 cm³/mol. The maximum atomic E-state index is 11.9. The standard InChI is InChI=1S/C14H23N3O2/c1-11-9-12(15)5-6-13(11)16-14(18)10-17(2)7-4-8-19-3/h5-6,9H,4,7-8,10,15H2,1-3H3,(H,16,18). The van der Waals surface area contributed by atoms with Gasteiger partial charge in [-0.15, -0.1) is 0 Å². The average molecular weight is 265 g/mol. The van der Waals surface area contributed by atoms with E-state index in [1.807, 2.05) is 31.0 Å². The highest BCUT2D eigenvalue weighted by atomic mass is 16.5. The molecule has 0 aliphatic heterocycles. The second-order valence-corrected chi connectivity index (χ2v) is 4.71. The van der Waals surface area contributed by atoms with Crippen LogP contribution in [0.25, 0.3) is 0 Å². The highest BCUT2D eigenvalue weighted by Gasteiger charge is 2.08. The number of carbonyl (C=O) groups is 1.